The van der Waals surface area contributed by atoms with Crippen molar-refractivity contribution in [2.45, 2.75) is 37.8 Å². The van der Waals surface area contributed by atoms with E-state index in [9.17, 15) is 0 Å². The number of hydrogen-bond donors (Lipinski definition) is 2. The van der Waals surface area contributed by atoms with Crippen molar-refractivity contribution in [3.63, 3.8) is 0 Å². The first-order chi connectivity index (χ1) is 10.9. The quantitative estimate of drug-likeness (QED) is 0.828. The van der Waals surface area contributed by atoms with Gasteiger partial charge in [0.05, 0.1) is 11.4 Å². The SMILES string of the molecule is CN(C)c1ccc(Br)cc1N1C(N)=NC(N)=NC12CCCCC2. The molecule has 1 fully saturated rings. The predicted molar refractivity (Wildman–Crippen MR) is 100 cm³/mol. The molecule has 3 rings (SSSR count). The van der Waals surface area contributed by atoms with Crippen LogP contribution in [0, 0.1) is 0 Å². The first-order valence-electron chi connectivity index (χ1n) is 7.89. The second-order valence-corrected chi connectivity index (χ2v) is 7.26. The third-order valence-corrected chi connectivity index (χ3v) is 5.00. The van der Waals surface area contributed by atoms with Crippen LogP contribution < -0.4 is 21.3 Å². The Labute approximate surface area is 145 Å². The van der Waals surface area contributed by atoms with Crippen LogP contribution in [0.5, 0.6) is 0 Å². The zero-order valence-corrected chi connectivity index (χ0v) is 15.2. The lowest BCUT2D eigenvalue weighted by atomic mass is 9.87. The predicted octanol–water partition coefficient (Wildman–Crippen LogP) is 2.62. The molecule has 0 radical (unpaired) electrons. The number of aliphatic imine (C=N–C) groups is 2. The van der Waals surface area contributed by atoms with E-state index in [1.165, 1.54) is 6.42 Å². The van der Waals surface area contributed by atoms with Crippen molar-refractivity contribution in [2.24, 2.45) is 21.5 Å². The van der Waals surface area contributed by atoms with Crippen LogP contribution in [0.2, 0.25) is 0 Å². The maximum atomic E-state index is 6.31. The minimum absolute atomic E-state index is 0.280. The van der Waals surface area contributed by atoms with E-state index in [4.69, 9.17) is 16.5 Å². The second-order valence-electron chi connectivity index (χ2n) is 6.35. The van der Waals surface area contributed by atoms with E-state index < -0.39 is 5.66 Å². The molecule has 0 atom stereocenters. The Morgan fingerprint density at radius 3 is 2.52 bits per heavy atom. The fourth-order valence-electron chi connectivity index (χ4n) is 3.52. The van der Waals surface area contributed by atoms with Crippen molar-refractivity contribution in [3.05, 3.63) is 22.7 Å². The number of halogens is 1. The lowest BCUT2D eigenvalue weighted by Gasteiger charge is -2.46. The molecule has 1 spiro atoms. The zero-order chi connectivity index (χ0) is 16.6. The van der Waals surface area contributed by atoms with Crippen LogP contribution in [-0.4, -0.2) is 31.7 Å². The minimum Gasteiger partial charge on any atom is -0.376 e. The van der Waals surface area contributed by atoms with Crippen LogP contribution in [0.1, 0.15) is 32.1 Å². The summed E-state index contributed by atoms with van der Waals surface area (Å²) in [6.45, 7) is 0. The number of nitrogens with zero attached hydrogens (tertiary/aromatic N) is 4. The van der Waals surface area contributed by atoms with Crippen LogP contribution in [0.15, 0.2) is 32.7 Å². The third-order valence-electron chi connectivity index (χ3n) is 4.51. The van der Waals surface area contributed by atoms with Gasteiger partial charge in [-0.1, -0.05) is 22.4 Å². The van der Waals surface area contributed by atoms with E-state index in [0.29, 0.717) is 5.96 Å². The molecule has 0 bridgehead atoms. The number of benzene rings is 1. The summed E-state index contributed by atoms with van der Waals surface area (Å²) in [5.74, 6) is 0.697. The van der Waals surface area contributed by atoms with Crippen LogP contribution >= 0.6 is 15.9 Å². The summed E-state index contributed by atoms with van der Waals surface area (Å²) < 4.78 is 0.999. The van der Waals surface area contributed by atoms with Crippen molar-refractivity contribution in [1.82, 2.24) is 0 Å². The largest absolute Gasteiger partial charge is 0.376 e. The summed E-state index contributed by atoms with van der Waals surface area (Å²) in [7, 11) is 4.05. The molecule has 1 aromatic carbocycles. The normalized spacial score (nSPS) is 20.2. The van der Waals surface area contributed by atoms with Crippen LogP contribution in [0.3, 0.4) is 0 Å². The van der Waals surface area contributed by atoms with E-state index >= 15 is 0 Å². The van der Waals surface area contributed by atoms with Gasteiger partial charge < -0.3 is 16.4 Å². The molecular formula is C16H23BrN6. The lowest BCUT2D eigenvalue weighted by molar-refractivity contribution is 0.305. The van der Waals surface area contributed by atoms with Gasteiger partial charge in [-0.15, -0.1) is 0 Å². The molecule has 0 unspecified atom stereocenters. The summed E-state index contributed by atoms with van der Waals surface area (Å²) >= 11 is 3.57. The topological polar surface area (TPSA) is 83.2 Å². The van der Waals surface area contributed by atoms with Crippen molar-refractivity contribution >= 4 is 39.2 Å². The Bertz CT molecular complexity index is 661. The van der Waals surface area contributed by atoms with E-state index in [-0.39, 0.29) is 5.96 Å². The number of rotatable bonds is 2. The van der Waals surface area contributed by atoms with E-state index in [1.807, 2.05) is 20.2 Å². The molecule has 124 valence electrons. The number of anilines is 2. The number of guanidine groups is 2. The van der Waals surface area contributed by atoms with Crippen molar-refractivity contribution in [1.29, 1.82) is 0 Å². The van der Waals surface area contributed by atoms with Gasteiger partial charge in [0, 0.05) is 18.6 Å². The van der Waals surface area contributed by atoms with Gasteiger partial charge in [0.15, 0.2) is 0 Å². The molecule has 23 heavy (non-hydrogen) atoms. The Morgan fingerprint density at radius 1 is 1.17 bits per heavy atom. The maximum absolute atomic E-state index is 6.31. The Hall–Kier alpha value is -1.76. The molecular weight excluding hydrogens is 356 g/mol. The van der Waals surface area contributed by atoms with Gasteiger partial charge in [0.1, 0.15) is 5.66 Å². The molecule has 6 nitrogen and oxygen atoms in total. The Kier molecular flexibility index (Phi) is 4.23. The highest BCUT2D eigenvalue weighted by Gasteiger charge is 2.43. The van der Waals surface area contributed by atoms with Crippen LogP contribution in [-0.2, 0) is 0 Å². The van der Waals surface area contributed by atoms with E-state index in [2.05, 4.69) is 42.9 Å². The molecule has 0 aromatic heterocycles. The molecule has 7 heteroatoms. The molecule has 1 heterocycles. The summed E-state index contributed by atoms with van der Waals surface area (Å²) in [4.78, 5) is 13.1. The summed E-state index contributed by atoms with van der Waals surface area (Å²) in [6.07, 6.45) is 5.32. The summed E-state index contributed by atoms with van der Waals surface area (Å²) in [5.41, 5.74) is 13.9. The van der Waals surface area contributed by atoms with E-state index in [0.717, 1.165) is 41.5 Å². The van der Waals surface area contributed by atoms with Crippen molar-refractivity contribution in [2.75, 3.05) is 23.9 Å². The monoisotopic (exact) mass is 378 g/mol. The molecule has 1 aliphatic heterocycles. The smallest absolute Gasteiger partial charge is 0.220 e. The van der Waals surface area contributed by atoms with Gasteiger partial charge in [0.2, 0.25) is 11.9 Å². The number of nitrogens with two attached hydrogens (primary N) is 2. The molecule has 2 aliphatic rings. The van der Waals surface area contributed by atoms with Crippen LogP contribution in [0.25, 0.3) is 0 Å². The zero-order valence-electron chi connectivity index (χ0n) is 13.6. The molecule has 0 amide bonds. The van der Waals surface area contributed by atoms with Gasteiger partial charge in [-0.3, -0.25) is 4.90 Å². The summed E-state index contributed by atoms with van der Waals surface area (Å²) in [6, 6.07) is 6.18. The number of hydrogen-bond acceptors (Lipinski definition) is 6. The Balaban J connectivity index is 2.16. The molecule has 1 saturated carbocycles. The summed E-state index contributed by atoms with van der Waals surface area (Å²) in [5, 5.41) is 0. The maximum Gasteiger partial charge on any atom is 0.220 e. The van der Waals surface area contributed by atoms with Crippen LogP contribution in [0.4, 0.5) is 11.4 Å². The van der Waals surface area contributed by atoms with Gasteiger partial charge in [0.25, 0.3) is 0 Å². The second kappa shape index (κ2) is 6.03. The third kappa shape index (κ3) is 2.89. The Morgan fingerprint density at radius 2 is 1.87 bits per heavy atom. The minimum atomic E-state index is -0.417. The average molecular weight is 379 g/mol. The molecule has 1 aliphatic carbocycles. The highest BCUT2D eigenvalue weighted by molar-refractivity contribution is 9.10. The van der Waals surface area contributed by atoms with Crippen molar-refractivity contribution in [3.8, 4) is 0 Å². The van der Waals surface area contributed by atoms with Gasteiger partial charge in [-0.05, 0) is 43.9 Å². The van der Waals surface area contributed by atoms with Gasteiger partial charge >= 0.3 is 0 Å². The lowest BCUT2D eigenvalue weighted by Crippen LogP contribution is -2.58. The fourth-order valence-corrected chi connectivity index (χ4v) is 3.87. The van der Waals surface area contributed by atoms with E-state index in [1.54, 1.807) is 0 Å². The highest BCUT2D eigenvalue weighted by Crippen LogP contribution is 2.43. The first-order valence-corrected chi connectivity index (χ1v) is 8.69. The fraction of sp³-hybridized carbons (Fsp3) is 0.500. The highest BCUT2D eigenvalue weighted by atomic mass is 79.9. The van der Waals surface area contributed by atoms with Crippen molar-refractivity contribution < 1.29 is 0 Å². The first kappa shape index (κ1) is 16.1. The molecule has 1 aromatic rings. The van der Waals surface area contributed by atoms with Gasteiger partial charge in [-0.25, -0.2) is 4.99 Å². The standard InChI is InChI=1S/C16H23BrN6/c1-22(2)12-7-6-11(17)10-13(12)23-15(19)20-14(18)21-16(23)8-4-3-5-9-16/h6-7,10H,3-5,8-9H2,1-2H3,(H4,18,19,20,21). The van der Waals surface area contributed by atoms with Gasteiger partial charge in [-0.2, -0.15) is 4.99 Å². The molecule has 4 N–H and O–H groups in total. The molecule has 0 saturated heterocycles. The average Bonchev–Trinajstić information content (AvgIpc) is 2.46.